The van der Waals surface area contributed by atoms with Gasteiger partial charge in [0.05, 0.1) is 24.9 Å². The summed E-state index contributed by atoms with van der Waals surface area (Å²) < 4.78 is 35.9. The number of ether oxygens (including phenoxy) is 1. The standard InChI is InChI=1S/C21H28FN4O4PS2/c1-5-13-17(15(22)20(28-13)26-10-25-16-18(26)23-9-24-19(16)27)30-31(32)29-14-8-12(11(2)3)6-7-21(14,4)33-31/h9-10,12-15,17,20H,2,5-8H2,1,3-4H3,(H,23,24,27)/t12-,13-,14+,15-,17-,20-,21+,31-/m1/s1. The molecule has 3 aliphatic rings. The molecule has 12 heteroatoms. The van der Waals surface area contributed by atoms with E-state index in [4.69, 9.17) is 25.6 Å². The number of nitrogens with zero attached hydrogens (tertiary/aromatic N) is 3. The Labute approximate surface area is 200 Å². The van der Waals surface area contributed by atoms with E-state index in [0.717, 1.165) is 24.8 Å². The van der Waals surface area contributed by atoms with Gasteiger partial charge in [-0.2, -0.15) is 0 Å². The quantitative estimate of drug-likeness (QED) is 0.456. The molecule has 0 amide bonds. The first-order valence-corrected chi connectivity index (χ1v) is 15.2. The highest BCUT2D eigenvalue weighted by Crippen LogP contribution is 2.76. The maximum absolute atomic E-state index is 15.8. The Morgan fingerprint density at radius 3 is 3.06 bits per heavy atom. The Morgan fingerprint density at radius 2 is 2.33 bits per heavy atom. The van der Waals surface area contributed by atoms with Gasteiger partial charge in [-0.3, -0.25) is 9.36 Å². The summed E-state index contributed by atoms with van der Waals surface area (Å²) in [4.78, 5) is 22.7. The van der Waals surface area contributed by atoms with E-state index < -0.39 is 30.3 Å². The molecule has 8 nitrogen and oxygen atoms in total. The number of allylic oxidation sites excluding steroid dienone is 1. The van der Waals surface area contributed by atoms with Gasteiger partial charge in [0.1, 0.15) is 6.10 Å². The molecule has 1 saturated carbocycles. The minimum atomic E-state index is -2.79. The predicted molar refractivity (Wildman–Crippen MR) is 129 cm³/mol. The third kappa shape index (κ3) is 4.04. The molecule has 8 atom stereocenters. The number of imidazole rings is 1. The molecule has 2 aromatic heterocycles. The number of nitrogens with one attached hydrogen (secondary N) is 1. The molecule has 0 radical (unpaired) electrons. The van der Waals surface area contributed by atoms with Crippen molar-refractivity contribution in [1.29, 1.82) is 0 Å². The second-order valence-corrected chi connectivity index (χ2v) is 15.9. The predicted octanol–water partition coefficient (Wildman–Crippen LogP) is 4.64. The monoisotopic (exact) mass is 514 g/mol. The molecule has 3 fully saturated rings. The summed E-state index contributed by atoms with van der Waals surface area (Å²) >= 11 is 7.46. The summed E-state index contributed by atoms with van der Waals surface area (Å²) in [7, 11) is 0. The average molecular weight is 515 g/mol. The zero-order valence-electron chi connectivity index (χ0n) is 18.8. The summed E-state index contributed by atoms with van der Waals surface area (Å²) in [5.41, 5.74) is -1.61. The van der Waals surface area contributed by atoms with Crippen molar-refractivity contribution < 1.29 is 18.2 Å². The van der Waals surface area contributed by atoms with Crippen LogP contribution in [0.25, 0.3) is 11.2 Å². The van der Waals surface area contributed by atoms with Gasteiger partial charge < -0.3 is 18.8 Å². The lowest BCUT2D eigenvalue weighted by atomic mass is 9.77. The Hall–Kier alpha value is -1.10. The van der Waals surface area contributed by atoms with Gasteiger partial charge in [0.25, 0.3) is 5.56 Å². The van der Waals surface area contributed by atoms with E-state index >= 15 is 4.39 Å². The number of aromatic amines is 1. The van der Waals surface area contributed by atoms with Crippen molar-refractivity contribution in [3.05, 3.63) is 35.2 Å². The number of rotatable bonds is 5. The fourth-order valence-electron chi connectivity index (χ4n) is 5.00. The smallest absolute Gasteiger partial charge is 0.278 e. The summed E-state index contributed by atoms with van der Waals surface area (Å²) in [5.74, 6) is 0.409. The second kappa shape index (κ2) is 8.53. The summed E-state index contributed by atoms with van der Waals surface area (Å²) in [6.45, 7) is 10.3. The first-order valence-electron chi connectivity index (χ1n) is 11.2. The Kier molecular flexibility index (Phi) is 6.11. The molecule has 5 rings (SSSR count). The number of H-pyrrole nitrogens is 1. The molecule has 2 aliphatic heterocycles. The molecule has 2 saturated heterocycles. The minimum Gasteiger partial charge on any atom is -0.349 e. The normalized spacial score (nSPS) is 40.8. The Bertz CT molecular complexity index is 1190. The van der Waals surface area contributed by atoms with Gasteiger partial charge in [-0.1, -0.05) is 30.5 Å². The number of alkyl halides is 1. The topological polar surface area (TPSA) is 91.3 Å². The lowest BCUT2D eigenvalue weighted by Gasteiger charge is -2.37. The Morgan fingerprint density at radius 1 is 1.55 bits per heavy atom. The highest BCUT2D eigenvalue weighted by molar-refractivity contribution is 8.68. The van der Waals surface area contributed by atoms with Crippen LogP contribution in [-0.2, 0) is 25.6 Å². The SMILES string of the molecule is C=C(C)[C@@H]1CC[C@]2(C)S[P@@](=S)(O[C@H]3[C@@H](F)[C@H](n4cnc5c(=O)[nH]cnc54)O[C@@H]3CC)O[C@H]2C1. The van der Waals surface area contributed by atoms with Crippen molar-refractivity contribution in [3.8, 4) is 0 Å². The summed E-state index contributed by atoms with van der Waals surface area (Å²) in [6, 6.07) is 0. The maximum Gasteiger partial charge on any atom is 0.278 e. The first-order chi connectivity index (χ1) is 15.6. The minimum absolute atomic E-state index is 0.0337. The molecule has 0 aromatic carbocycles. The Balaban J connectivity index is 1.38. The van der Waals surface area contributed by atoms with Crippen LogP contribution in [0.1, 0.15) is 52.7 Å². The third-order valence-electron chi connectivity index (χ3n) is 7.00. The lowest BCUT2D eigenvalue weighted by molar-refractivity contribution is -0.0224. The number of aromatic nitrogens is 4. The molecule has 2 aromatic rings. The van der Waals surface area contributed by atoms with Crippen LogP contribution in [0.3, 0.4) is 0 Å². The zero-order valence-corrected chi connectivity index (χ0v) is 21.3. The van der Waals surface area contributed by atoms with Crippen molar-refractivity contribution in [1.82, 2.24) is 19.5 Å². The fourth-order valence-corrected chi connectivity index (χ4v) is 12.5. The van der Waals surface area contributed by atoms with Crippen LogP contribution in [-0.4, -0.2) is 48.7 Å². The van der Waals surface area contributed by atoms with E-state index in [1.165, 1.54) is 17.2 Å². The number of halogens is 1. The fraction of sp³-hybridized carbons (Fsp3) is 0.667. The summed E-state index contributed by atoms with van der Waals surface area (Å²) in [5, 5.41) is 0. The molecule has 0 spiro atoms. The summed E-state index contributed by atoms with van der Waals surface area (Å²) in [6.07, 6.45) is 2.11. The molecule has 33 heavy (non-hydrogen) atoms. The van der Waals surface area contributed by atoms with E-state index in [9.17, 15) is 4.79 Å². The van der Waals surface area contributed by atoms with E-state index in [-0.39, 0.29) is 27.6 Å². The van der Waals surface area contributed by atoms with E-state index in [1.807, 2.05) is 6.92 Å². The van der Waals surface area contributed by atoms with Gasteiger partial charge in [0.2, 0.25) is 5.69 Å². The van der Waals surface area contributed by atoms with Crippen molar-refractivity contribution >= 4 is 40.0 Å². The maximum atomic E-state index is 15.8. The van der Waals surface area contributed by atoms with Crippen molar-refractivity contribution in [2.24, 2.45) is 5.92 Å². The van der Waals surface area contributed by atoms with E-state index in [0.29, 0.717) is 12.3 Å². The molecule has 4 heterocycles. The number of hydrogen-bond acceptors (Lipinski definition) is 8. The lowest BCUT2D eigenvalue weighted by Crippen LogP contribution is -2.39. The van der Waals surface area contributed by atoms with Gasteiger partial charge in [-0.25, -0.2) is 14.4 Å². The molecule has 0 unspecified atom stereocenters. The molecule has 1 aliphatic carbocycles. The highest BCUT2D eigenvalue weighted by atomic mass is 32.9. The van der Waals surface area contributed by atoms with Gasteiger partial charge in [0.15, 0.2) is 23.6 Å². The molecule has 180 valence electrons. The largest absolute Gasteiger partial charge is 0.349 e. The number of hydrogen-bond donors (Lipinski definition) is 1. The second-order valence-electron chi connectivity index (χ2n) is 9.31. The molecule has 0 bridgehead atoms. The van der Waals surface area contributed by atoms with Crippen LogP contribution in [0.5, 0.6) is 0 Å². The third-order valence-corrected chi connectivity index (χ3v) is 12.7. The van der Waals surface area contributed by atoms with Gasteiger partial charge >= 0.3 is 0 Å². The van der Waals surface area contributed by atoms with E-state index in [1.54, 1.807) is 11.4 Å². The first kappa shape index (κ1) is 23.6. The van der Waals surface area contributed by atoms with Crippen LogP contribution in [0.15, 0.2) is 29.6 Å². The van der Waals surface area contributed by atoms with Crippen LogP contribution >= 0.6 is 17.1 Å². The highest BCUT2D eigenvalue weighted by Gasteiger charge is 2.56. The molecular formula is C21H28FN4O4PS2. The van der Waals surface area contributed by atoms with Crippen LogP contribution in [0.4, 0.5) is 4.39 Å². The average Bonchev–Trinajstić information content (AvgIpc) is 3.39. The van der Waals surface area contributed by atoms with Gasteiger partial charge in [-0.15, -0.1) is 0 Å². The van der Waals surface area contributed by atoms with Crippen LogP contribution in [0.2, 0.25) is 0 Å². The molecular weight excluding hydrogens is 486 g/mol. The van der Waals surface area contributed by atoms with Crippen molar-refractivity contribution in [2.75, 3.05) is 0 Å². The van der Waals surface area contributed by atoms with Crippen molar-refractivity contribution in [3.63, 3.8) is 0 Å². The number of fused-ring (bicyclic) bond motifs is 2. The van der Waals surface area contributed by atoms with E-state index in [2.05, 4.69) is 35.4 Å². The zero-order chi connectivity index (χ0) is 23.5. The van der Waals surface area contributed by atoms with Crippen molar-refractivity contribution in [2.45, 2.75) is 81.9 Å². The van der Waals surface area contributed by atoms with Gasteiger partial charge in [0, 0.05) is 4.75 Å². The van der Waals surface area contributed by atoms with Crippen LogP contribution < -0.4 is 5.56 Å². The van der Waals surface area contributed by atoms with Gasteiger partial charge in [-0.05, 0) is 57.3 Å². The molecule has 1 N–H and O–H groups in total. The van der Waals surface area contributed by atoms with Crippen LogP contribution in [0, 0.1) is 5.92 Å².